The molecule has 5 heteroatoms. The van der Waals surface area contributed by atoms with Crippen LogP contribution in [0.5, 0.6) is 0 Å². The third-order valence-corrected chi connectivity index (χ3v) is 13.5. The topological polar surface area (TPSA) is 0 Å². The van der Waals surface area contributed by atoms with E-state index in [4.69, 9.17) is 0 Å². The van der Waals surface area contributed by atoms with E-state index in [-0.39, 0.29) is 23.8 Å². The van der Waals surface area contributed by atoms with Crippen molar-refractivity contribution < 1.29 is 22.1 Å². The van der Waals surface area contributed by atoms with Crippen LogP contribution >= 0.6 is 23.8 Å². The number of halogens is 1. The van der Waals surface area contributed by atoms with Crippen LogP contribution in [0.1, 0.15) is 62.3 Å². The summed E-state index contributed by atoms with van der Waals surface area (Å²) in [6.07, 6.45) is 13.1. The molecule has 0 bridgehead atoms. The first kappa shape index (κ1) is 32.5. The zero-order chi connectivity index (χ0) is 19.1. The molecule has 0 rings (SSSR count). The Labute approximate surface area is 163 Å². The van der Waals surface area contributed by atoms with Crippen molar-refractivity contribution in [2.75, 3.05) is 55.5 Å². The van der Waals surface area contributed by atoms with Crippen LogP contribution in [-0.4, -0.2) is 55.5 Å². The van der Waals surface area contributed by atoms with Gasteiger partial charge in [0.1, 0.15) is 0 Å². The third-order valence-electron chi connectivity index (χ3n) is 4.50. The van der Waals surface area contributed by atoms with Gasteiger partial charge < -0.3 is 0 Å². The number of hydrogen-bond donors (Lipinski definition) is 0. The SMILES string of the molecule is CC[PH+](CC)CC.CC[PH+](CC)CC.CC[PH+](CC)CC.[F][RhH2]. The Morgan fingerprint density at radius 1 is 0.391 bits per heavy atom. The van der Waals surface area contributed by atoms with E-state index in [0.29, 0.717) is 18.8 Å². The van der Waals surface area contributed by atoms with Gasteiger partial charge in [-0.05, 0) is 86.1 Å². The third kappa shape index (κ3) is 28.9. The monoisotopic (exact) mass is 481 g/mol. The van der Waals surface area contributed by atoms with Crippen molar-refractivity contribution in [1.82, 2.24) is 0 Å². The molecule has 0 saturated heterocycles. The molecule has 0 aromatic carbocycles. The van der Waals surface area contributed by atoms with E-state index in [2.05, 4.69) is 62.3 Å². The molecule has 0 aliphatic heterocycles. The van der Waals surface area contributed by atoms with E-state index in [1.54, 1.807) is 0 Å². The zero-order valence-corrected chi connectivity index (χ0v) is 22.5. The van der Waals surface area contributed by atoms with Crippen LogP contribution in [0.4, 0.5) is 3.32 Å². The van der Waals surface area contributed by atoms with Gasteiger partial charge in [0, 0.05) is 0 Å². The zero-order valence-electron chi connectivity index (χ0n) is 17.6. The molecule has 0 aromatic heterocycles. The summed E-state index contributed by atoms with van der Waals surface area (Å²) >= 11 is 0.650. The first-order chi connectivity index (χ1) is 11.0. The molecule has 0 radical (unpaired) electrons. The predicted molar refractivity (Wildman–Crippen MR) is 124 cm³/mol. The van der Waals surface area contributed by atoms with Crippen LogP contribution in [0.3, 0.4) is 0 Å². The Kier molecular flexibility index (Phi) is 44.7. The van der Waals surface area contributed by atoms with Crippen LogP contribution in [-0.2, 0) is 18.8 Å². The fourth-order valence-electron chi connectivity index (χ4n) is 2.25. The summed E-state index contributed by atoms with van der Waals surface area (Å²) in [4.78, 5) is 0. The molecule has 0 saturated carbocycles. The Bertz CT molecular complexity index is 117. The van der Waals surface area contributed by atoms with Crippen molar-refractivity contribution in [3.8, 4) is 0 Å². The van der Waals surface area contributed by atoms with Crippen molar-refractivity contribution >= 4 is 23.8 Å². The maximum atomic E-state index is 9.47. The molecular weight excluding hydrogens is 431 g/mol. The van der Waals surface area contributed by atoms with Crippen molar-refractivity contribution in [2.24, 2.45) is 0 Å². The van der Waals surface area contributed by atoms with Gasteiger partial charge in [-0.25, -0.2) is 0 Å². The van der Waals surface area contributed by atoms with E-state index < -0.39 is 0 Å². The van der Waals surface area contributed by atoms with Crippen LogP contribution in [0.25, 0.3) is 0 Å². The summed E-state index contributed by atoms with van der Waals surface area (Å²) in [5.74, 6) is 0. The molecule has 0 heterocycles. The van der Waals surface area contributed by atoms with Crippen LogP contribution in [0.15, 0.2) is 0 Å². The Morgan fingerprint density at radius 3 is 0.478 bits per heavy atom. The molecular formula is C18H50FP3Rh+3. The molecule has 0 aliphatic rings. The Balaban J connectivity index is -0.000000111. The summed E-state index contributed by atoms with van der Waals surface area (Å²) in [7, 11) is 0.412. The van der Waals surface area contributed by atoms with Gasteiger partial charge in [0.15, 0.2) is 0 Å². The van der Waals surface area contributed by atoms with Crippen LogP contribution < -0.4 is 0 Å². The van der Waals surface area contributed by atoms with Crippen molar-refractivity contribution in [2.45, 2.75) is 62.3 Å². The van der Waals surface area contributed by atoms with Gasteiger partial charge in [0.05, 0.1) is 55.5 Å². The average Bonchev–Trinajstić information content (AvgIpc) is 2.62. The summed E-state index contributed by atoms with van der Waals surface area (Å²) in [5, 5.41) is 0. The van der Waals surface area contributed by atoms with Gasteiger partial charge in [-0.3, -0.25) is 0 Å². The van der Waals surface area contributed by atoms with Gasteiger partial charge >= 0.3 is 22.1 Å². The summed E-state index contributed by atoms with van der Waals surface area (Å²) in [5.41, 5.74) is 0. The Hall–Kier alpha value is 1.84. The summed E-state index contributed by atoms with van der Waals surface area (Å²) in [6, 6.07) is 0. The first-order valence-electron chi connectivity index (χ1n) is 9.69. The molecule has 23 heavy (non-hydrogen) atoms. The second-order valence-electron chi connectivity index (χ2n) is 5.43. The number of rotatable bonds is 9. The minimum atomic E-state index is 0.137. The second-order valence-corrected chi connectivity index (χ2v) is 16.3. The van der Waals surface area contributed by atoms with Gasteiger partial charge in [-0.2, -0.15) is 0 Å². The summed E-state index contributed by atoms with van der Waals surface area (Å²) in [6.45, 7) is 20.8. The van der Waals surface area contributed by atoms with Crippen LogP contribution in [0.2, 0.25) is 0 Å². The van der Waals surface area contributed by atoms with Gasteiger partial charge in [-0.15, -0.1) is 0 Å². The first-order valence-corrected chi connectivity index (χ1v) is 16.8. The second kappa shape index (κ2) is 31.6. The molecule has 0 aromatic rings. The predicted octanol–water partition coefficient (Wildman–Crippen LogP) is 6.66. The van der Waals surface area contributed by atoms with Gasteiger partial charge in [0.25, 0.3) is 0 Å². The fourth-order valence-corrected chi connectivity index (χ4v) is 6.75. The van der Waals surface area contributed by atoms with Gasteiger partial charge in [0.2, 0.25) is 0 Å². The van der Waals surface area contributed by atoms with Crippen molar-refractivity contribution in [1.29, 1.82) is 0 Å². The average molecular weight is 481 g/mol. The molecule has 150 valence electrons. The van der Waals surface area contributed by atoms with Gasteiger partial charge in [-0.1, -0.05) is 0 Å². The molecule has 0 unspecified atom stereocenters. The van der Waals surface area contributed by atoms with Crippen LogP contribution in [0, 0.1) is 0 Å². The van der Waals surface area contributed by atoms with E-state index in [0.717, 1.165) is 0 Å². The van der Waals surface area contributed by atoms with E-state index in [9.17, 15) is 3.32 Å². The van der Waals surface area contributed by atoms with E-state index >= 15 is 0 Å². The standard InChI is InChI=1S/3C6H15P.FH.Rh.2H/c3*1-4-7(5-2)6-3;;;;/h3*4-6H2,1-3H3;1H;;;/q;;;;+1;;/p+2. The molecule has 0 amide bonds. The summed E-state index contributed by atoms with van der Waals surface area (Å²) < 4.78 is 9.47. The molecule has 0 spiro atoms. The van der Waals surface area contributed by atoms with E-state index in [1.807, 2.05) is 0 Å². The van der Waals surface area contributed by atoms with E-state index in [1.165, 1.54) is 55.5 Å². The minimum absolute atomic E-state index is 0.137. The van der Waals surface area contributed by atoms with Crippen molar-refractivity contribution in [3.63, 3.8) is 0 Å². The number of hydrogen-bond acceptors (Lipinski definition) is 0. The molecule has 0 N–H and O–H groups in total. The molecule has 0 nitrogen and oxygen atoms in total. The molecule has 0 atom stereocenters. The Morgan fingerprint density at radius 2 is 0.478 bits per heavy atom. The normalized spacial score (nSPS) is 9.70. The van der Waals surface area contributed by atoms with Crippen molar-refractivity contribution in [3.05, 3.63) is 0 Å². The molecule has 0 fully saturated rings. The fraction of sp³-hybridized carbons (Fsp3) is 1.00. The quantitative estimate of drug-likeness (QED) is 0.255. The maximum absolute atomic E-state index is 9.47. The molecule has 0 aliphatic carbocycles.